The molecule has 0 saturated carbocycles. The molecule has 0 atom stereocenters. The van der Waals surface area contributed by atoms with Crippen LogP contribution >= 0.6 is 43.5 Å². The maximum atomic E-state index is 11.5. The first kappa shape index (κ1) is 12.0. The van der Waals surface area contributed by atoms with Crippen molar-refractivity contribution < 1.29 is 4.79 Å². The Balaban J connectivity index is 2.84. The Labute approximate surface area is 104 Å². The van der Waals surface area contributed by atoms with Crippen molar-refractivity contribution in [2.75, 3.05) is 11.9 Å². The highest BCUT2D eigenvalue weighted by Crippen LogP contribution is 2.25. The van der Waals surface area contributed by atoms with E-state index in [0.29, 0.717) is 17.1 Å². The number of hydrogen-bond acceptors (Lipinski definition) is 1. The fourth-order valence-corrected chi connectivity index (χ4v) is 1.71. The Bertz CT molecular complexity index is 344. The molecule has 0 radical (unpaired) electrons. The van der Waals surface area contributed by atoms with E-state index >= 15 is 0 Å². The number of hydrogen-bond donors (Lipinski definition) is 1. The van der Waals surface area contributed by atoms with E-state index in [1.54, 1.807) is 18.2 Å². The van der Waals surface area contributed by atoms with Gasteiger partial charge in [-0.2, -0.15) is 0 Å². The molecule has 0 aliphatic rings. The Kier molecular flexibility index (Phi) is 4.92. The predicted molar refractivity (Wildman–Crippen MR) is 65.3 cm³/mol. The topological polar surface area (TPSA) is 29.1 Å². The van der Waals surface area contributed by atoms with Crippen LogP contribution in [0.1, 0.15) is 10.4 Å². The Morgan fingerprint density at radius 1 is 1.50 bits per heavy atom. The van der Waals surface area contributed by atoms with Gasteiger partial charge in [0.15, 0.2) is 0 Å². The van der Waals surface area contributed by atoms with Gasteiger partial charge in [0.2, 0.25) is 0 Å². The number of nitrogens with one attached hydrogen (secondary N) is 1. The van der Waals surface area contributed by atoms with Crippen LogP contribution in [0.3, 0.4) is 0 Å². The Hall–Kier alpha value is -0.0600. The summed E-state index contributed by atoms with van der Waals surface area (Å²) in [4.78, 5) is 11.5. The van der Waals surface area contributed by atoms with Crippen molar-refractivity contribution in [3.63, 3.8) is 0 Å². The number of rotatable bonds is 3. The normalized spacial score (nSPS) is 9.93. The Morgan fingerprint density at radius 3 is 2.86 bits per heavy atom. The van der Waals surface area contributed by atoms with Gasteiger partial charge in [-0.3, -0.25) is 4.79 Å². The average molecular weight is 341 g/mol. The third kappa shape index (κ3) is 2.97. The molecule has 0 fully saturated rings. The largest absolute Gasteiger partial charge is 0.351 e. The van der Waals surface area contributed by atoms with E-state index in [9.17, 15) is 4.79 Å². The zero-order valence-corrected chi connectivity index (χ0v) is 11.1. The van der Waals surface area contributed by atoms with Crippen molar-refractivity contribution in [1.82, 2.24) is 5.32 Å². The number of alkyl halides is 1. The molecule has 0 spiro atoms. The maximum Gasteiger partial charge on any atom is 0.252 e. The summed E-state index contributed by atoms with van der Waals surface area (Å²) in [5, 5.41) is 3.90. The fraction of sp³-hybridized carbons (Fsp3) is 0.222. The molecule has 76 valence electrons. The van der Waals surface area contributed by atoms with Gasteiger partial charge in [0.05, 0.1) is 10.6 Å². The van der Waals surface area contributed by atoms with E-state index in [1.807, 2.05) is 0 Å². The lowest BCUT2D eigenvalue weighted by Crippen LogP contribution is -2.25. The molecule has 1 aromatic carbocycles. The minimum Gasteiger partial charge on any atom is -0.351 e. The molecule has 14 heavy (non-hydrogen) atoms. The highest BCUT2D eigenvalue weighted by molar-refractivity contribution is 9.10. The summed E-state index contributed by atoms with van der Waals surface area (Å²) >= 11 is 12.4. The third-order valence-electron chi connectivity index (χ3n) is 1.58. The van der Waals surface area contributed by atoms with Gasteiger partial charge in [-0.05, 0) is 28.1 Å². The molecule has 1 amide bonds. The van der Waals surface area contributed by atoms with Gasteiger partial charge in [0.25, 0.3) is 5.91 Å². The molecule has 0 aliphatic carbocycles. The van der Waals surface area contributed by atoms with Gasteiger partial charge < -0.3 is 5.32 Å². The van der Waals surface area contributed by atoms with E-state index in [1.165, 1.54) is 0 Å². The first-order chi connectivity index (χ1) is 6.66. The van der Waals surface area contributed by atoms with Crippen LogP contribution in [0.2, 0.25) is 5.02 Å². The number of carbonyl (C=O) groups is 1. The number of carbonyl (C=O) groups excluding carboxylic acids is 1. The number of benzene rings is 1. The zero-order chi connectivity index (χ0) is 10.6. The smallest absolute Gasteiger partial charge is 0.252 e. The summed E-state index contributed by atoms with van der Waals surface area (Å²) in [5.74, 6) is -0.157. The van der Waals surface area contributed by atoms with Crippen LogP contribution in [0, 0.1) is 0 Å². The lowest BCUT2D eigenvalue weighted by molar-refractivity contribution is 0.0956. The van der Waals surface area contributed by atoms with Gasteiger partial charge in [-0.1, -0.05) is 33.6 Å². The second-order valence-electron chi connectivity index (χ2n) is 2.55. The molecular weight excluding hydrogens is 333 g/mol. The molecule has 1 rings (SSSR count). The van der Waals surface area contributed by atoms with Crippen molar-refractivity contribution in [2.24, 2.45) is 0 Å². The van der Waals surface area contributed by atoms with Crippen molar-refractivity contribution in [3.05, 3.63) is 33.3 Å². The van der Waals surface area contributed by atoms with E-state index in [2.05, 4.69) is 37.2 Å². The van der Waals surface area contributed by atoms with Crippen LogP contribution in [-0.4, -0.2) is 17.8 Å². The van der Waals surface area contributed by atoms with Gasteiger partial charge >= 0.3 is 0 Å². The van der Waals surface area contributed by atoms with Crippen LogP contribution in [0.4, 0.5) is 0 Å². The van der Waals surface area contributed by atoms with Crippen LogP contribution in [0.15, 0.2) is 22.7 Å². The lowest BCUT2D eigenvalue weighted by Gasteiger charge is -2.05. The highest BCUT2D eigenvalue weighted by atomic mass is 79.9. The van der Waals surface area contributed by atoms with Crippen LogP contribution < -0.4 is 5.32 Å². The van der Waals surface area contributed by atoms with Gasteiger partial charge in [0, 0.05) is 16.3 Å². The molecule has 0 saturated heterocycles. The molecule has 0 bridgehead atoms. The molecule has 1 N–H and O–H groups in total. The summed E-state index contributed by atoms with van der Waals surface area (Å²) < 4.78 is 0.727. The van der Waals surface area contributed by atoms with Gasteiger partial charge in [0.1, 0.15) is 0 Å². The molecule has 0 unspecified atom stereocenters. The van der Waals surface area contributed by atoms with E-state index < -0.39 is 0 Å². The second-order valence-corrected chi connectivity index (χ2v) is 4.57. The molecular formula is C9H8Br2ClNO. The van der Waals surface area contributed by atoms with Crippen molar-refractivity contribution in [2.45, 2.75) is 0 Å². The molecule has 0 aromatic heterocycles. The molecule has 2 nitrogen and oxygen atoms in total. The molecule has 0 heterocycles. The van der Waals surface area contributed by atoms with Gasteiger partial charge in [-0.15, -0.1) is 0 Å². The summed E-state index contributed by atoms with van der Waals surface area (Å²) in [6, 6.07) is 5.26. The fourth-order valence-electron chi connectivity index (χ4n) is 0.935. The molecule has 5 heteroatoms. The van der Waals surface area contributed by atoms with Crippen LogP contribution in [0.25, 0.3) is 0 Å². The van der Waals surface area contributed by atoms with Gasteiger partial charge in [-0.25, -0.2) is 0 Å². The van der Waals surface area contributed by atoms with E-state index in [-0.39, 0.29) is 5.91 Å². The quantitative estimate of drug-likeness (QED) is 0.841. The van der Waals surface area contributed by atoms with Crippen LogP contribution in [0.5, 0.6) is 0 Å². The Morgan fingerprint density at radius 2 is 2.21 bits per heavy atom. The maximum absolute atomic E-state index is 11.5. The van der Waals surface area contributed by atoms with Crippen molar-refractivity contribution in [3.8, 4) is 0 Å². The summed E-state index contributed by atoms with van der Waals surface area (Å²) in [6.45, 7) is 0.585. The first-order valence-corrected chi connectivity index (χ1v) is 6.24. The standard InChI is InChI=1S/C9H8Br2ClNO/c10-4-5-13-9(14)6-2-1-3-7(11)8(6)12/h1-3H,4-5H2,(H,13,14). The molecule has 1 aromatic rings. The first-order valence-electron chi connectivity index (χ1n) is 3.95. The number of amides is 1. The van der Waals surface area contributed by atoms with E-state index in [0.717, 1.165) is 9.80 Å². The zero-order valence-electron chi connectivity index (χ0n) is 7.19. The summed E-state index contributed by atoms with van der Waals surface area (Å²) in [5.41, 5.74) is 0.488. The minimum absolute atomic E-state index is 0.157. The minimum atomic E-state index is -0.157. The second kappa shape index (κ2) is 5.73. The van der Waals surface area contributed by atoms with Crippen LogP contribution in [-0.2, 0) is 0 Å². The lowest BCUT2D eigenvalue weighted by atomic mass is 10.2. The highest BCUT2D eigenvalue weighted by Gasteiger charge is 2.10. The monoisotopic (exact) mass is 339 g/mol. The average Bonchev–Trinajstić information content (AvgIpc) is 2.18. The summed E-state index contributed by atoms with van der Waals surface area (Å²) in [7, 11) is 0. The predicted octanol–water partition coefficient (Wildman–Crippen LogP) is 3.23. The molecule has 0 aliphatic heterocycles. The summed E-state index contributed by atoms with van der Waals surface area (Å²) in [6.07, 6.45) is 0. The third-order valence-corrected chi connectivity index (χ3v) is 3.27. The van der Waals surface area contributed by atoms with E-state index in [4.69, 9.17) is 11.6 Å². The number of halogens is 3. The SMILES string of the molecule is O=C(NCCBr)c1cccc(Br)c1Cl. The van der Waals surface area contributed by atoms with Crippen molar-refractivity contribution in [1.29, 1.82) is 0 Å². The van der Waals surface area contributed by atoms with Crippen molar-refractivity contribution >= 4 is 49.4 Å².